The van der Waals surface area contributed by atoms with Crippen LogP contribution in [0.15, 0.2) is 54.6 Å². The van der Waals surface area contributed by atoms with Crippen molar-refractivity contribution >= 4 is 5.69 Å². The molecule has 5 nitrogen and oxygen atoms in total. The summed E-state index contributed by atoms with van der Waals surface area (Å²) >= 11 is 0. The van der Waals surface area contributed by atoms with Crippen molar-refractivity contribution in [1.29, 1.82) is 0 Å². The molecular formula is C26H28N4O. The van der Waals surface area contributed by atoms with Crippen molar-refractivity contribution in [2.45, 2.75) is 40.8 Å². The second-order valence-corrected chi connectivity index (χ2v) is 8.25. The first-order chi connectivity index (χ1) is 15.0. The van der Waals surface area contributed by atoms with Gasteiger partial charge in [0.05, 0.1) is 18.0 Å². The quantitative estimate of drug-likeness (QED) is 0.451. The first-order valence-corrected chi connectivity index (χ1v) is 10.8. The maximum Gasteiger partial charge on any atom is 0.149 e. The highest BCUT2D eigenvalue weighted by Gasteiger charge is 2.30. The van der Waals surface area contributed by atoms with Crippen molar-refractivity contribution in [3.8, 4) is 22.7 Å². The Morgan fingerprint density at radius 1 is 1.00 bits per heavy atom. The summed E-state index contributed by atoms with van der Waals surface area (Å²) < 4.78 is 10.0. The van der Waals surface area contributed by atoms with Crippen LogP contribution in [0.4, 0.5) is 5.69 Å². The van der Waals surface area contributed by atoms with E-state index >= 15 is 0 Å². The van der Waals surface area contributed by atoms with Gasteiger partial charge >= 0.3 is 0 Å². The van der Waals surface area contributed by atoms with Crippen LogP contribution >= 0.6 is 0 Å². The second-order valence-electron chi connectivity index (χ2n) is 8.25. The largest absolute Gasteiger partial charge is 0.494 e. The number of nitrogens with one attached hydrogen (secondary N) is 1. The van der Waals surface area contributed by atoms with Crippen molar-refractivity contribution in [1.82, 2.24) is 14.3 Å². The van der Waals surface area contributed by atoms with Gasteiger partial charge in [-0.05, 0) is 76.6 Å². The predicted molar refractivity (Wildman–Crippen MR) is 125 cm³/mol. The number of fused-ring (bicyclic) bond motifs is 3. The summed E-state index contributed by atoms with van der Waals surface area (Å²) in [6.07, 6.45) is -0.0556. The number of rotatable bonds is 4. The Morgan fingerprint density at radius 3 is 2.52 bits per heavy atom. The number of anilines is 1. The van der Waals surface area contributed by atoms with Crippen LogP contribution in [0.1, 0.15) is 41.3 Å². The number of hydrogen-bond acceptors (Lipinski definition) is 3. The lowest BCUT2D eigenvalue weighted by molar-refractivity contribution is 0.340. The zero-order valence-corrected chi connectivity index (χ0v) is 18.7. The third-order valence-corrected chi connectivity index (χ3v) is 6.10. The number of benzene rings is 2. The fourth-order valence-corrected chi connectivity index (χ4v) is 4.71. The monoisotopic (exact) mass is 412 g/mol. The molecule has 3 heterocycles. The molecule has 0 saturated carbocycles. The normalized spacial score (nSPS) is 14.7. The van der Waals surface area contributed by atoms with E-state index in [1.807, 2.05) is 19.1 Å². The van der Waals surface area contributed by atoms with Gasteiger partial charge in [-0.15, -0.1) is 0 Å². The lowest BCUT2D eigenvalue weighted by Gasteiger charge is -2.30. The van der Waals surface area contributed by atoms with Gasteiger partial charge < -0.3 is 14.6 Å². The topological polar surface area (TPSA) is 44.0 Å². The number of para-hydroxylation sites is 1. The van der Waals surface area contributed by atoms with Crippen LogP contribution in [0.3, 0.4) is 0 Å². The molecule has 31 heavy (non-hydrogen) atoms. The number of hydrogen-bond donors (Lipinski definition) is 1. The molecule has 0 radical (unpaired) electrons. The van der Waals surface area contributed by atoms with Gasteiger partial charge in [0.1, 0.15) is 11.9 Å². The van der Waals surface area contributed by atoms with Crippen molar-refractivity contribution < 1.29 is 4.74 Å². The molecule has 5 heteroatoms. The molecule has 1 unspecified atom stereocenters. The van der Waals surface area contributed by atoms with Gasteiger partial charge in [-0.3, -0.25) is 0 Å². The molecule has 0 aliphatic carbocycles. The van der Waals surface area contributed by atoms with Crippen LogP contribution in [0.5, 0.6) is 5.75 Å². The summed E-state index contributed by atoms with van der Waals surface area (Å²) in [5.41, 5.74) is 10.6. The van der Waals surface area contributed by atoms with Crippen molar-refractivity contribution in [2.75, 3.05) is 11.9 Å². The molecule has 1 aliphatic heterocycles. The highest BCUT2D eigenvalue weighted by atomic mass is 16.5. The maximum absolute atomic E-state index is 5.61. The molecule has 2 aromatic heterocycles. The second kappa shape index (κ2) is 7.34. The highest BCUT2D eigenvalue weighted by Crippen LogP contribution is 2.41. The predicted octanol–water partition coefficient (Wildman–Crippen LogP) is 5.95. The SMILES string of the molecule is CCOc1ccc(-n2c(C)cc(C3Nc4c(C)cccc4-c4cc(C)nn43)c2C)cc1. The summed E-state index contributed by atoms with van der Waals surface area (Å²) in [4.78, 5) is 0. The van der Waals surface area contributed by atoms with Gasteiger partial charge in [-0.2, -0.15) is 5.10 Å². The van der Waals surface area contributed by atoms with Gasteiger partial charge in [-0.25, -0.2) is 4.68 Å². The van der Waals surface area contributed by atoms with Gasteiger partial charge in [0, 0.05) is 33.9 Å². The van der Waals surface area contributed by atoms with Crippen molar-refractivity contribution in [3.05, 3.63) is 82.8 Å². The van der Waals surface area contributed by atoms with Crippen molar-refractivity contribution in [3.63, 3.8) is 0 Å². The first-order valence-electron chi connectivity index (χ1n) is 10.8. The third-order valence-electron chi connectivity index (χ3n) is 6.10. The van der Waals surface area contributed by atoms with E-state index in [1.165, 1.54) is 33.8 Å². The summed E-state index contributed by atoms with van der Waals surface area (Å²) in [7, 11) is 0. The van der Waals surface area contributed by atoms with E-state index in [-0.39, 0.29) is 6.17 Å². The minimum Gasteiger partial charge on any atom is -0.494 e. The lowest BCUT2D eigenvalue weighted by Crippen LogP contribution is -2.26. The fourth-order valence-electron chi connectivity index (χ4n) is 4.71. The zero-order chi connectivity index (χ0) is 21.7. The summed E-state index contributed by atoms with van der Waals surface area (Å²) in [5.74, 6) is 0.895. The minimum absolute atomic E-state index is 0.0556. The van der Waals surface area contributed by atoms with Crippen LogP contribution < -0.4 is 10.1 Å². The molecular weight excluding hydrogens is 384 g/mol. The number of ether oxygens (including phenoxy) is 1. The lowest BCUT2D eigenvalue weighted by atomic mass is 10.0. The first kappa shape index (κ1) is 19.5. The number of nitrogens with zero attached hydrogens (tertiary/aromatic N) is 3. The Labute approximate surface area is 183 Å². The van der Waals surface area contributed by atoms with Crippen LogP contribution in [0, 0.1) is 27.7 Å². The van der Waals surface area contributed by atoms with E-state index < -0.39 is 0 Å². The molecule has 1 N–H and O–H groups in total. The van der Waals surface area contributed by atoms with Gasteiger partial charge in [0.2, 0.25) is 0 Å². The molecule has 0 bridgehead atoms. The fraction of sp³-hybridized carbons (Fsp3) is 0.269. The van der Waals surface area contributed by atoms with E-state index in [0.29, 0.717) is 6.61 Å². The molecule has 1 atom stereocenters. The summed E-state index contributed by atoms with van der Waals surface area (Å²) in [5, 5.41) is 8.63. The molecule has 0 fully saturated rings. The van der Waals surface area contributed by atoms with Crippen LogP contribution in [0.2, 0.25) is 0 Å². The van der Waals surface area contributed by atoms with Gasteiger partial charge in [0.25, 0.3) is 0 Å². The zero-order valence-electron chi connectivity index (χ0n) is 18.7. The molecule has 158 valence electrons. The molecule has 0 amide bonds. The Morgan fingerprint density at radius 2 is 1.77 bits per heavy atom. The molecule has 2 aromatic carbocycles. The summed E-state index contributed by atoms with van der Waals surface area (Å²) in [6.45, 7) is 11.2. The van der Waals surface area contributed by atoms with Gasteiger partial charge in [-0.1, -0.05) is 18.2 Å². The van der Waals surface area contributed by atoms with E-state index in [9.17, 15) is 0 Å². The Bertz CT molecular complexity index is 1260. The van der Waals surface area contributed by atoms with E-state index in [2.05, 4.69) is 84.7 Å². The molecule has 0 saturated heterocycles. The Balaban J connectivity index is 1.62. The highest BCUT2D eigenvalue weighted by molar-refractivity contribution is 5.81. The van der Waals surface area contributed by atoms with Crippen molar-refractivity contribution in [2.24, 2.45) is 0 Å². The van der Waals surface area contributed by atoms with E-state index in [1.54, 1.807) is 0 Å². The summed E-state index contributed by atoms with van der Waals surface area (Å²) in [6, 6.07) is 19.2. The average Bonchev–Trinajstić information content (AvgIpc) is 3.28. The smallest absolute Gasteiger partial charge is 0.149 e. The minimum atomic E-state index is -0.0556. The number of aryl methyl sites for hydroxylation is 3. The third kappa shape index (κ3) is 3.12. The molecule has 4 aromatic rings. The average molecular weight is 413 g/mol. The van der Waals surface area contributed by atoms with Crippen LogP contribution in [-0.4, -0.2) is 21.0 Å². The van der Waals surface area contributed by atoms with E-state index in [4.69, 9.17) is 9.84 Å². The maximum atomic E-state index is 5.61. The molecule has 1 aliphatic rings. The molecule has 0 spiro atoms. The van der Waals surface area contributed by atoms with E-state index in [0.717, 1.165) is 22.8 Å². The van der Waals surface area contributed by atoms with Crippen LogP contribution in [-0.2, 0) is 0 Å². The standard InChI is InChI=1S/C26H28N4O/c1-6-31-21-12-10-20(11-13-21)29-18(4)15-23(19(29)5)26-27-25-16(2)8-7-9-22(25)24-14-17(3)28-30(24)26/h7-15,26-27H,6H2,1-5H3. The molecule has 5 rings (SSSR count). The Hall–Kier alpha value is -3.47. The van der Waals surface area contributed by atoms with Gasteiger partial charge in [0.15, 0.2) is 0 Å². The Kier molecular flexibility index (Phi) is 4.62. The number of aromatic nitrogens is 3. The van der Waals surface area contributed by atoms with Crippen LogP contribution in [0.25, 0.3) is 16.9 Å².